The molecule has 158 valence electrons. The normalized spacial score (nSPS) is 11.4. The number of H-pyrrole nitrogens is 1. The van der Waals surface area contributed by atoms with E-state index in [1.54, 1.807) is 18.0 Å². The molecular weight excluding hydrogens is 618 g/mol. The predicted octanol–water partition coefficient (Wildman–Crippen LogP) is 3.80. The Hall–Kier alpha value is -2.54. The molecule has 4 aromatic heterocycles. The average molecular weight is 637 g/mol. The molecule has 0 radical (unpaired) electrons. The van der Waals surface area contributed by atoms with Gasteiger partial charge in [0.15, 0.2) is 0 Å². The van der Waals surface area contributed by atoms with Crippen molar-refractivity contribution in [2.24, 2.45) is 0 Å². The summed E-state index contributed by atoms with van der Waals surface area (Å²) in [5, 5.41) is 10.8. The number of hydrogen-bond donors (Lipinski definition) is 1. The van der Waals surface area contributed by atoms with Crippen LogP contribution in [0.25, 0.3) is 10.9 Å². The van der Waals surface area contributed by atoms with Crippen molar-refractivity contribution < 1.29 is 4.39 Å². The van der Waals surface area contributed by atoms with E-state index in [9.17, 15) is 4.39 Å². The van der Waals surface area contributed by atoms with Crippen LogP contribution in [0.1, 0.15) is 23.5 Å². The molecule has 7 nitrogen and oxygen atoms in total. The smallest absolute Gasteiger partial charge is 0.00211 e. The zero-order valence-electron chi connectivity index (χ0n) is 17.1. The molecule has 4 heterocycles. The van der Waals surface area contributed by atoms with Crippen molar-refractivity contribution in [2.75, 3.05) is 0 Å². The number of aromatic nitrogens is 7. The van der Waals surface area contributed by atoms with E-state index in [2.05, 4.69) is 38.3 Å². The number of imidazole rings is 1. The van der Waals surface area contributed by atoms with Crippen LogP contribution >= 0.6 is 11.8 Å². The van der Waals surface area contributed by atoms with E-state index in [4.69, 9.17) is 0 Å². The molecule has 0 bridgehead atoms. The van der Waals surface area contributed by atoms with Crippen molar-refractivity contribution in [1.29, 1.82) is 0 Å². The van der Waals surface area contributed by atoms with Crippen LogP contribution in [0, 0.1) is 5.82 Å². The van der Waals surface area contributed by atoms with E-state index in [-0.39, 0.29) is 5.82 Å². The SMILES string of the molecule is Fc1ccc2c(Cc3nnc(Sc4cccnc4)n3CCCc3c[n]([Tl])cn3)c[nH]c2c1. The minimum absolute atomic E-state index is 0.248. The van der Waals surface area contributed by atoms with Gasteiger partial charge in [0.2, 0.25) is 0 Å². The van der Waals surface area contributed by atoms with Gasteiger partial charge in [0.05, 0.1) is 0 Å². The Morgan fingerprint density at radius 3 is 2.94 bits per heavy atom. The predicted molar refractivity (Wildman–Crippen MR) is 121 cm³/mol. The fourth-order valence-corrected chi connectivity index (χ4v) is 5.45. The minimum atomic E-state index is -0.248. The second-order valence-corrected chi connectivity index (χ2v) is 10.8. The Kier molecular flexibility index (Phi) is 6.35. The zero-order valence-corrected chi connectivity index (χ0v) is 22.5. The van der Waals surface area contributed by atoms with E-state index in [1.165, 1.54) is 12.1 Å². The first-order valence-corrected chi connectivity index (χ1v) is 13.0. The Morgan fingerprint density at radius 1 is 1.19 bits per heavy atom. The number of aryl methyl sites for hydroxylation is 1. The standard InChI is InChI=1S/C22H19FN7S.Tl/c23-16-5-6-19-15(11-26-20(19)10-16)9-21-28-29-22(31-18-4-1-7-24-13-18)30(21)8-2-3-17-12-25-14-27-17;/h1,4-7,10-14,26H,2-3,8-9H2;/q-1;+1. The van der Waals surface area contributed by atoms with Crippen LogP contribution in [0.5, 0.6) is 0 Å². The quantitative estimate of drug-likeness (QED) is 0.263. The molecule has 0 unspecified atom stereocenters. The number of fused-ring (bicyclic) bond motifs is 1. The molecule has 32 heavy (non-hydrogen) atoms. The minimum Gasteiger partial charge on any atom is -0.00211 e. The number of halogens is 1. The summed E-state index contributed by atoms with van der Waals surface area (Å²) in [4.78, 5) is 12.9. The van der Waals surface area contributed by atoms with Crippen molar-refractivity contribution in [3.63, 3.8) is 0 Å². The summed E-state index contributed by atoms with van der Waals surface area (Å²) in [5.74, 6) is 0.637. The monoisotopic (exact) mass is 637 g/mol. The number of rotatable bonds is 8. The van der Waals surface area contributed by atoms with Gasteiger partial charge >= 0.3 is 177 Å². The Balaban J connectivity index is 1.41. The number of hydrogen-bond acceptors (Lipinski definition) is 5. The van der Waals surface area contributed by atoms with Crippen LogP contribution in [0.15, 0.2) is 71.5 Å². The molecule has 1 N–H and O–H groups in total. The van der Waals surface area contributed by atoms with Gasteiger partial charge in [-0.25, -0.2) is 4.39 Å². The Labute approximate surface area is 204 Å². The van der Waals surface area contributed by atoms with Crippen molar-refractivity contribution in [3.05, 3.63) is 84.3 Å². The first kappa shape index (κ1) is 21.3. The van der Waals surface area contributed by atoms with Gasteiger partial charge in [-0.15, -0.1) is 0 Å². The first-order valence-electron chi connectivity index (χ1n) is 10.2. The second-order valence-electron chi connectivity index (χ2n) is 7.44. The van der Waals surface area contributed by atoms with Crippen LogP contribution in [0.4, 0.5) is 4.39 Å². The second kappa shape index (κ2) is 9.53. The molecule has 0 saturated heterocycles. The molecule has 0 aliphatic heterocycles. The molecule has 1 aromatic carbocycles. The van der Waals surface area contributed by atoms with E-state index in [1.807, 2.05) is 36.9 Å². The van der Waals surface area contributed by atoms with Crippen LogP contribution in [0.3, 0.4) is 0 Å². The number of nitrogens with zero attached hydrogens (tertiary/aromatic N) is 6. The van der Waals surface area contributed by atoms with E-state index < -0.39 is 0 Å². The molecule has 0 fully saturated rings. The van der Waals surface area contributed by atoms with Crippen LogP contribution in [-0.2, 0) is 19.4 Å². The van der Waals surface area contributed by atoms with Gasteiger partial charge in [0.1, 0.15) is 5.82 Å². The first-order chi connectivity index (χ1) is 15.7. The van der Waals surface area contributed by atoms with E-state index in [0.29, 0.717) is 6.42 Å². The van der Waals surface area contributed by atoms with Gasteiger partial charge in [-0.05, 0) is 12.1 Å². The van der Waals surface area contributed by atoms with E-state index >= 15 is 0 Å². The number of aromatic amines is 1. The summed E-state index contributed by atoms with van der Waals surface area (Å²) < 4.78 is 17.9. The number of benzene rings is 1. The summed E-state index contributed by atoms with van der Waals surface area (Å²) >= 11 is 2.29. The summed E-state index contributed by atoms with van der Waals surface area (Å²) in [7, 11) is 0. The molecule has 5 aromatic rings. The number of pyridine rings is 1. The van der Waals surface area contributed by atoms with E-state index in [0.717, 1.165) is 83.5 Å². The topological polar surface area (TPSA) is 77.2 Å². The third-order valence-electron chi connectivity index (χ3n) is 5.18. The summed E-state index contributed by atoms with van der Waals surface area (Å²) in [6.45, 7) is 0.790. The fraction of sp³-hybridized carbons (Fsp3) is 0.182. The van der Waals surface area contributed by atoms with Gasteiger partial charge in [0.25, 0.3) is 0 Å². The summed E-state index contributed by atoms with van der Waals surface area (Å²) in [6, 6.07) is 8.75. The Morgan fingerprint density at radius 2 is 2.12 bits per heavy atom. The van der Waals surface area contributed by atoms with Gasteiger partial charge in [-0.2, -0.15) is 0 Å². The molecule has 10 heteroatoms. The van der Waals surface area contributed by atoms with Gasteiger partial charge in [-0.1, -0.05) is 0 Å². The van der Waals surface area contributed by atoms with Crippen molar-refractivity contribution in [3.8, 4) is 0 Å². The molecule has 0 spiro atoms. The third-order valence-corrected chi connectivity index (χ3v) is 7.24. The van der Waals surface area contributed by atoms with Crippen LogP contribution in [-0.4, -0.2) is 58.2 Å². The van der Waals surface area contributed by atoms with Crippen LogP contribution in [0.2, 0.25) is 0 Å². The average Bonchev–Trinajstić information content (AvgIpc) is 3.49. The Bertz CT molecular complexity index is 1350. The van der Waals surface area contributed by atoms with Crippen molar-refractivity contribution >= 4 is 48.7 Å². The molecule has 0 aliphatic rings. The van der Waals surface area contributed by atoms with Gasteiger partial charge < -0.3 is 0 Å². The van der Waals surface area contributed by atoms with Crippen LogP contribution < -0.4 is 0 Å². The molecule has 0 aliphatic carbocycles. The van der Waals surface area contributed by atoms with Gasteiger partial charge in [-0.3, -0.25) is 0 Å². The summed E-state index contributed by atoms with van der Waals surface area (Å²) in [5.41, 5.74) is 2.97. The van der Waals surface area contributed by atoms with Crippen molar-refractivity contribution in [1.82, 2.24) is 32.1 Å². The third kappa shape index (κ3) is 4.77. The zero-order chi connectivity index (χ0) is 21.9. The number of nitrogens with one attached hydrogen (secondary N) is 1. The molecule has 0 atom stereocenters. The van der Waals surface area contributed by atoms with Crippen molar-refractivity contribution in [2.45, 2.75) is 35.9 Å². The molecule has 5 rings (SSSR count). The molecule has 0 amide bonds. The maximum atomic E-state index is 13.6. The molecule has 0 saturated carbocycles. The van der Waals surface area contributed by atoms with Gasteiger partial charge in [0, 0.05) is 6.20 Å². The fourth-order valence-electron chi connectivity index (χ4n) is 3.66. The summed E-state index contributed by atoms with van der Waals surface area (Å²) in [6.07, 6.45) is 12.0. The maximum absolute atomic E-state index is 13.6. The molecular formula is C22H19FN7STl.